The number of nitrogens with zero attached hydrogens (tertiary/aromatic N) is 1. The van der Waals surface area contributed by atoms with E-state index in [1.54, 1.807) is 17.9 Å². The lowest BCUT2D eigenvalue weighted by Crippen LogP contribution is -2.28. The van der Waals surface area contributed by atoms with Gasteiger partial charge >= 0.3 is 0 Å². The average molecular weight is 340 g/mol. The van der Waals surface area contributed by atoms with Crippen LogP contribution in [0.3, 0.4) is 0 Å². The van der Waals surface area contributed by atoms with E-state index in [1.165, 1.54) is 17.7 Å². The summed E-state index contributed by atoms with van der Waals surface area (Å²) in [5.74, 6) is -0.941. The van der Waals surface area contributed by atoms with Crippen LogP contribution in [0.1, 0.15) is 23.1 Å². The number of anilines is 1. The number of rotatable bonds is 4. The lowest BCUT2D eigenvalue weighted by atomic mass is 10.1. The molecular formula is C20H21FN2O2. The maximum absolute atomic E-state index is 13.2. The third-order valence-corrected chi connectivity index (χ3v) is 4.53. The zero-order valence-corrected chi connectivity index (χ0v) is 14.4. The lowest BCUT2D eigenvalue weighted by molar-refractivity contribution is -0.128. The number of carbonyl (C=O) groups excluding carboxylic acids is 2. The molecular weight excluding hydrogens is 319 g/mol. The minimum absolute atomic E-state index is 0.0171. The van der Waals surface area contributed by atoms with E-state index in [0.717, 1.165) is 5.56 Å². The van der Waals surface area contributed by atoms with Gasteiger partial charge in [-0.1, -0.05) is 29.8 Å². The van der Waals surface area contributed by atoms with E-state index < -0.39 is 0 Å². The van der Waals surface area contributed by atoms with Gasteiger partial charge in [0.25, 0.3) is 0 Å². The summed E-state index contributed by atoms with van der Waals surface area (Å²) < 4.78 is 13.2. The molecule has 2 aromatic rings. The van der Waals surface area contributed by atoms with Gasteiger partial charge in [0.05, 0.1) is 5.92 Å². The fourth-order valence-electron chi connectivity index (χ4n) is 3.02. The molecule has 130 valence electrons. The minimum Gasteiger partial charge on any atom is -0.338 e. The standard InChI is InChI=1S/C20H21FN2O2/c1-13-3-5-15(6-4-13)11-23-12-16(10-19(23)24)20(25)22-18-8-7-17(21)9-14(18)2/h3-9,16H,10-12H2,1-2H3,(H,22,25). The molecule has 2 aromatic carbocycles. The van der Waals surface area contributed by atoms with E-state index in [2.05, 4.69) is 5.32 Å². The monoisotopic (exact) mass is 340 g/mol. The molecule has 0 spiro atoms. The molecule has 3 rings (SSSR count). The number of benzene rings is 2. The van der Waals surface area contributed by atoms with Crippen LogP contribution in [0.15, 0.2) is 42.5 Å². The Hall–Kier alpha value is -2.69. The Morgan fingerprint density at radius 1 is 1.20 bits per heavy atom. The SMILES string of the molecule is Cc1ccc(CN2CC(C(=O)Nc3ccc(F)cc3C)CC2=O)cc1. The van der Waals surface area contributed by atoms with Crippen molar-refractivity contribution in [3.05, 3.63) is 65.0 Å². The molecule has 1 aliphatic rings. The smallest absolute Gasteiger partial charge is 0.229 e. The summed E-state index contributed by atoms with van der Waals surface area (Å²) in [6, 6.07) is 12.2. The molecule has 1 unspecified atom stereocenters. The van der Waals surface area contributed by atoms with Crippen molar-refractivity contribution in [2.24, 2.45) is 5.92 Å². The van der Waals surface area contributed by atoms with Crippen LogP contribution in [-0.2, 0) is 16.1 Å². The first-order valence-electron chi connectivity index (χ1n) is 8.32. The predicted molar refractivity (Wildman–Crippen MR) is 94.5 cm³/mol. The number of halogens is 1. The van der Waals surface area contributed by atoms with Crippen LogP contribution in [0, 0.1) is 25.6 Å². The van der Waals surface area contributed by atoms with Crippen LogP contribution >= 0.6 is 0 Å². The van der Waals surface area contributed by atoms with Gasteiger partial charge in [-0.25, -0.2) is 4.39 Å². The highest BCUT2D eigenvalue weighted by Gasteiger charge is 2.34. The molecule has 1 heterocycles. The number of carbonyl (C=O) groups is 2. The second-order valence-electron chi connectivity index (χ2n) is 6.61. The van der Waals surface area contributed by atoms with Gasteiger partial charge in [-0.05, 0) is 43.2 Å². The van der Waals surface area contributed by atoms with Crippen molar-refractivity contribution in [1.29, 1.82) is 0 Å². The number of likely N-dealkylation sites (tertiary alicyclic amines) is 1. The Morgan fingerprint density at radius 2 is 1.92 bits per heavy atom. The van der Waals surface area contributed by atoms with E-state index >= 15 is 0 Å². The van der Waals surface area contributed by atoms with Crippen LogP contribution in [0.4, 0.5) is 10.1 Å². The molecule has 2 amide bonds. The number of aryl methyl sites for hydroxylation is 2. The van der Waals surface area contributed by atoms with Crippen molar-refractivity contribution >= 4 is 17.5 Å². The first kappa shape index (κ1) is 17.1. The van der Waals surface area contributed by atoms with E-state index in [4.69, 9.17) is 0 Å². The number of nitrogens with one attached hydrogen (secondary N) is 1. The molecule has 4 nitrogen and oxygen atoms in total. The second-order valence-corrected chi connectivity index (χ2v) is 6.61. The van der Waals surface area contributed by atoms with E-state index in [0.29, 0.717) is 24.3 Å². The van der Waals surface area contributed by atoms with E-state index in [1.807, 2.05) is 31.2 Å². The molecule has 0 saturated carbocycles. The fourth-order valence-corrected chi connectivity index (χ4v) is 3.02. The van der Waals surface area contributed by atoms with Gasteiger partial charge in [0.1, 0.15) is 5.82 Å². The van der Waals surface area contributed by atoms with Gasteiger partial charge in [0.15, 0.2) is 0 Å². The molecule has 25 heavy (non-hydrogen) atoms. The van der Waals surface area contributed by atoms with Crippen molar-refractivity contribution < 1.29 is 14.0 Å². The molecule has 1 atom stereocenters. The Labute approximate surface area is 146 Å². The molecule has 0 aliphatic carbocycles. The summed E-state index contributed by atoms with van der Waals surface area (Å²) in [4.78, 5) is 26.4. The molecule has 1 N–H and O–H groups in total. The molecule has 1 saturated heterocycles. The van der Waals surface area contributed by atoms with Crippen LogP contribution in [0.2, 0.25) is 0 Å². The molecule has 1 fully saturated rings. The van der Waals surface area contributed by atoms with Crippen molar-refractivity contribution in [1.82, 2.24) is 4.90 Å². The highest BCUT2D eigenvalue weighted by molar-refractivity contribution is 5.97. The normalized spacial score (nSPS) is 17.0. The summed E-state index contributed by atoms with van der Waals surface area (Å²) in [6.07, 6.45) is 0.206. The van der Waals surface area contributed by atoms with Gasteiger partial charge in [0, 0.05) is 25.2 Å². The average Bonchev–Trinajstić information content (AvgIpc) is 2.93. The largest absolute Gasteiger partial charge is 0.338 e. The highest BCUT2D eigenvalue weighted by Crippen LogP contribution is 2.23. The fraction of sp³-hybridized carbons (Fsp3) is 0.300. The van der Waals surface area contributed by atoms with Crippen LogP contribution in [0.5, 0.6) is 0 Å². The van der Waals surface area contributed by atoms with Crippen molar-refractivity contribution in [3.8, 4) is 0 Å². The number of amides is 2. The van der Waals surface area contributed by atoms with Crippen LogP contribution in [0.25, 0.3) is 0 Å². The van der Waals surface area contributed by atoms with Crippen molar-refractivity contribution in [3.63, 3.8) is 0 Å². The lowest BCUT2D eigenvalue weighted by Gasteiger charge is -2.17. The number of hydrogen-bond acceptors (Lipinski definition) is 2. The quantitative estimate of drug-likeness (QED) is 0.927. The van der Waals surface area contributed by atoms with E-state index in [-0.39, 0.29) is 30.0 Å². The second kappa shape index (κ2) is 7.05. The third-order valence-electron chi connectivity index (χ3n) is 4.53. The van der Waals surface area contributed by atoms with Crippen LogP contribution in [-0.4, -0.2) is 23.3 Å². The Morgan fingerprint density at radius 3 is 2.60 bits per heavy atom. The Kier molecular flexibility index (Phi) is 4.83. The zero-order chi connectivity index (χ0) is 18.0. The highest BCUT2D eigenvalue weighted by atomic mass is 19.1. The van der Waals surface area contributed by atoms with Gasteiger partial charge in [0.2, 0.25) is 11.8 Å². The molecule has 0 aromatic heterocycles. The van der Waals surface area contributed by atoms with Crippen molar-refractivity contribution in [2.45, 2.75) is 26.8 Å². The summed E-state index contributed by atoms with van der Waals surface area (Å²) in [5, 5.41) is 2.81. The van der Waals surface area contributed by atoms with E-state index in [9.17, 15) is 14.0 Å². The maximum Gasteiger partial charge on any atom is 0.229 e. The van der Waals surface area contributed by atoms with Gasteiger partial charge in [-0.2, -0.15) is 0 Å². The van der Waals surface area contributed by atoms with Gasteiger partial charge < -0.3 is 10.2 Å². The summed E-state index contributed by atoms with van der Waals surface area (Å²) in [6.45, 7) is 4.67. The summed E-state index contributed by atoms with van der Waals surface area (Å²) in [7, 11) is 0. The number of hydrogen-bond donors (Lipinski definition) is 1. The Bertz CT molecular complexity index is 802. The molecule has 1 aliphatic heterocycles. The van der Waals surface area contributed by atoms with Crippen molar-refractivity contribution in [2.75, 3.05) is 11.9 Å². The summed E-state index contributed by atoms with van der Waals surface area (Å²) >= 11 is 0. The minimum atomic E-state index is -0.387. The van der Waals surface area contributed by atoms with Gasteiger partial charge in [-0.3, -0.25) is 9.59 Å². The topological polar surface area (TPSA) is 49.4 Å². The zero-order valence-electron chi connectivity index (χ0n) is 14.4. The van der Waals surface area contributed by atoms with Gasteiger partial charge in [-0.15, -0.1) is 0 Å². The maximum atomic E-state index is 13.2. The Balaban J connectivity index is 1.63. The first-order valence-corrected chi connectivity index (χ1v) is 8.32. The molecule has 0 bridgehead atoms. The molecule has 0 radical (unpaired) electrons. The summed E-state index contributed by atoms with van der Waals surface area (Å²) in [5.41, 5.74) is 3.46. The third kappa shape index (κ3) is 4.05. The van der Waals surface area contributed by atoms with Crippen LogP contribution < -0.4 is 5.32 Å². The predicted octanol–water partition coefficient (Wildman–Crippen LogP) is 3.43. The molecule has 5 heteroatoms. The first-order chi connectivity index (χ1) is 11.9.